The van der Waals surface area contributed by atoms with Crippen molar-refractivity contribution >= 4 is 0 Å². The Labute approximate surface area is 86.8 Å². The van der Waals surface area contributed by atoms with Crippen LogP contribution in [-0.4, -0.2) is 11.7 Å². The van der Waals surface area contributed by atoms with Crippen LogP contribution in [0.15, 0.2) is 30.3 Å². The summed E-state index contributed by atoms with van der Waals surface area (Å²) in [4.78, 5) is 0. The van der Waals surface area contributed by atoms with E-state index in [2.05, 4.69) is 38.1 Å². The molecule has 0 heterocycles. The summed E-state index contributed by atoms with van der Waals surface area (Å²) in [5.74, 6) is 1.00. The van der Waals surface area contributed by atoms with E-state index in [0.29, 0.717) is 18.4 Å². The van der Waals surface area contributed by atoms with Crippen molar-refractivity contribution in [3.05, 3.63) is 35.9 Å². The second-order valence-corrected chi connectivity index (χ2v) is 4.02. The molecule has 0 saturated carbocycles. The van der Waals surface area contributed by atoms with Crippen molar-refractivity contribution in [3.63, 3.8) is 0 Å². The summed E-state index contributed by atoms with van der Waals surface area (Å²) in [5, 5.41) is 9.29. The van der Waals surface area contributed by atoms with Crippen molar-refractivity contribution in [1.29, 1.82) is 0 Å². The van der Waals surface area contributed by atoms with Gasteiger partial charge in [-0.3, -0.25) is 0 Å². The lowest BCUT2D eigenvalue weighted by molar-refractivity contribution is 0.179. The number of rotatable bonds is 5. The lowest BCUT2D eigenvalue weighted by Crippen LogP contribution is -2.18. The maximum Gasteiger partial charge on any atom is 0.0464 e. The minimum Gasteiger partial charge on any atom is -0.396 e. The molecule has 1 unspecified atom stereocenters. The molecule has 1 aromatic rings. The quantitative estimate of drug-likeness (QED) is 0.760. The highest BCUT2D eigenvalue weighted by atomic mass is 16.3. The summed E-state index contributed by atoms with van der Waals surface area (Å²) in [7, 11) is 0. The molecule has 0 aliphatic carbocycles. The molecule has 1 nitrogen and oxygen atoms in total. The van der Waals surface area contributed by atoms with E-state index in [1.807, 2.05) is 6.07 Å². The van der Waals surface area contributed by atoms with Gasteiger partial charge >= 0.3 is 0 Å². The third-order valence-electron chi connectivity index (χ3n) is 3.02. The number of hydrogen-bond donors (Lipinski definition) is 1. The average molecular weight is 192 g/mol. The van der Waals surface area contributed by atoms with Crippen molar-refractivity contribution < 1.29 is 5.11 Å². The Morgan fingerprint density at radius 2 is 1.86 bits per heavy atom. The van der Waals surface area contributed by atoms with E-state index in [0.717, 1.165) is 12.8 Å². The van der Waals surface area contributed by atoms with Gasteiger partial charge in [0.1, 0.15) is 0 Å². The van der Waals surface area contributed by atoms with Crippen molar-refractivity contribution in [2.75, 3.05) is 6.61 Å². The Hall–Kier alpha value is -0.820. The second-order valence-electron chi connectivity index (χ2n) is 4.02. The molecular formula is C13H20O. The van der Waals surface area contributed by atoms with Crippen LogP contribution in [0, 0.1) is 11.8 Å². The molecule has 1 rings (SSSR count). The minimum atomic E-state index is 0.296. The summed E-state index contributed by atoms with van der Waals surface area (Å²) < 4.78 is 0. The lowest BCUT2D eigenvalue weighted by Gasteiger charge is -2.20. The van der Waals surface area contributed by atoms with Crippen molar-refractivity contribution in [1.82, 2.24) is 0 Å². The largest absolute Gasteiger partial charge is 0.396 e. The summed E-state index contributed by atoms with van der Waals surface area (Å²) in [6, 6.07) is 10.4. The van der Waals surface area contributed by atoms with Gasteiger partial charge in [-0.25, -0.2) is 0 Å². The summed E-state index contributed by atoms with van der Waals surface area (Å²) in [6.45, 7) is 4.69. The van der Waals surface area contributed by atoms with Crippen molar-refractivity contribution in [2.45, 2.75) is 26.7 Å². The molecular weight excluding hydrogens is 172 g/mol. The summed E-state index contributed by atoms with van der Waals surface area (Å²) >= 11 is 0. The SMILES string of the molecule is CCC(C)[C@@H](CO)Cc1ccccc1. The van der Waals surface area contributed by atoms with Crippen LogP contribution in [0.4, 0.5) is 0 Å². The van der Waals surface area contributed by atoms with Gasteiger partial charge in [-0.1, -0.05) is 50.6 Å². The first-order chi connectivity index (χ1) is 6.77. The molecule has 1 heteroatoms. The zero-order chi connectivity index (χ0) is 10.4. The normalized spacial score (nSPS) is 15.1. The van der Waals surface area contributed by atoms with Crippen molar-refractivity contribution in [2.24, 2.45) is 11.8 Å². The Kier molecular flexibility index (Phi) is 4.68. The second kappa shape index (κ2) is 5.82. The van der Waals surface area contributed by atoms with Gasteiger partial charge in [0, 0.05) is 6.61 Å². The molecule has 0 aliphatic heterocycles. The zero-order valence-electron chi connectivity index (χ0n) is 9.11. The van der Waals surface area contributed by atoms with Crippen LogP contribution in [0.5, 0.6) is 0 Å². The van der Waals surface area contributed by atoms with E-state index in [1.165, 1.54) is 5.56 Å². The van der Waals surface area contributed by atoms with E-state index >= 15 is 0 Å². The molecule has 0 fully saturated rings. The minimum absolute atomic E-state index is 0.296. The van der Waals surface area contributed by atoms with Gasteiger partial charge in [-0.05, 0) is 23.8 Å². The van der Waals surface area contributed by atoms with Gasteiger partial charge in [-0.15, -0.1) is 0 Å². The number of aliphatic hydroxyl groups is 1. The van der Waals surface area contributed by atoms with Gasteiger partial charge in [0.2, 0.25) is 0 Å². The fourth-order valence-electron chi connectivity index (χ4n) is 1.70. The van der Waals surface area contributed by atoms with E-state index in [-0.39, 0.29) is 0 Å². The first-order valence-electron chi connectivity index (χ1n) is 5.42. The summed E-state index contributed by atoms with van der Waals surface area (Å²) in [5.41, 5.74) is 1.33. The lowest BCUT2D eigenvalue weighted by atomic mass is 9.87. The smallest absolute Gasteiger partial charge is 0.0464 e. The van der Waals surface area contributed by atoms with Gasteiger partial charge in [-0.2, -0.15) is 0 Å². The first kappa shape index (κ1) is 11.3. The van der Waals surface area contributed by atoms with E-state index in [9.17, 15) is 5.11 Å². The molecule has 2 atom stereocenters. The fraction of sp³-hybridized carbons (Fsp3) is 0.538. The van der Waals surface area contributed by atoms with Gasteiger partial charge in [0.05, 0.1) is 0 Å². The maximum atomic E-state index is 9.29. The van der Waals surface area contributed by atoms with E-state index in [1.54, 1.807) is 0 Å². The molecule has 0 saturated heterocycles. The Morgan fingerprint density at radius 1 is 1.21 bits per heavy atom. The Balaban J connectivity index is 2.57. The molecule has 0 bridgehead atoms. The third-order valence-corrected chi connectivity index (χ3v) is 3.02. The fourth-order valence-corrected chi connectivity index (χ4v) is 1.70. The van der Waals surface area contributed by atoms with E-state index < -0.39 is 0 Å². The third kappa shape index (κ3) is 3.15. The number of aliphatic hydroxyl groups excluding tert-OH is 1. The van der Waals surface area contributed by atoms with Crippen LogP contribution in [0.3, 0.4) is 0 Å². The highest BCUT2D eigenvalue weighted by molar-refractivity contribution is 5.15. The Bertz CT molecular complexity index is 243. The molecule has 0 radical (unpaired) electrons. The monoisotopic (exact) mass is 192 g/mol. The van der Waals surface area contributed by atoms with Crippen LogP contribution in [0.2, 0.25) is 0 Å². The van der Waals surface area contributed by atoms with Crippen molar-refractivity contribution in [3.8, 4) is 0 Å². The number of hydrogen-bond acceptors (Lipinski definition) is 1. The van der Waals surface area contributed by atoms with Crippen LogP contribution in [0.1, 0.15) is 25.8 Å². The van der Waals surface area contributed by atoms with Crippen LogP contribution in [-0.2, 0) is 6.42 Å². The van der Waals surface area contributed by atoms with E-state index in [4.69, 9.17) is 0 Å². The molecule has 14 heavy (non-hydrogen) atoms. The topological polar surface area (TPSA) is 20.2 Å². The van der Waals surface area contributed by atoms with Crippen LogP contribution in [0.25, 0.3) is 0 Å². The van der Waals surface area contributed by atoms with Gasteiger partial charge < -0.3 is 5.11 Å². The molecule has 0 spiro atoms. The van der Waals surface area contributed by atoms with Crippen LogP contribution < -0.4 is 0 Å². The molecule has 0 aliphatic rings. The maximum absolute atomic E-state index is 9.29. The zero-order valence-corrected chi connectivity index (χ0v) is 9.11. The summed E-state index contributed by atoms with van der Waals surface area (Å²) in [6.07, 6.45) is 2.13. The Morgan fingerprint density at radius 3 is 2.36 bits per heavy atom. The molecule has 78 valence electrons. The highest BCUT2D eigenvalue weighted by Crippen LogP contribution is 2.19. The van der Waals surface area contributed by atoms with Gasteiger partial charge in [0.15, 0.2) is 0 Å². The predicted molar refractivity (Wildman–Crippen MR) is 60.2 cm³/mol. The highest BCUT2D eigenvalue weighted by Gasteiger charge is 2.14. The first-order valence-corrected chi connectivity index (χ1v) is 5.42. The molecule has 0 aromatic heterocycles. The van der Waals surface area contributed by atoms with Gasteiger partial charge in [0.25, 0.3) is 0 Å². The molecule has 1 N–H and O–H groups in total. The number of benzene rings is 1. The molecule has 0 amide bonds. The molecule has 1 aromatic carbocycles. The average Bonchev–Trinajstić information content (AvgIpc) is 2.26. The standard InChI is InChI=1S/C13H20O/c1-3-11(2)13(10-14)9-12-7-5-4-6-8-12/h4-8,11,13-14H,3,9-10H2,1-2H3/t11?,13-/m1/s1. The predicted octanol–water partition coefficient (Wildman–Crippen LogP) is 2.88. The van der Waals surface area contributed by atoms with Crippen LogP contribution >= 0.6 is 0 Å².